The molecule has 2 rings (SSSR count). The first-order valence-electron chi connectivity index (χ1n) is 5.63. The van der Waals surface area contributed by atoms with Crippen LogP contribution in [0.1, 0.15) is 16.7 Å². The van der Waals surface area contributed by atoms with Crippen molar-refractivity contribution in [2.24, 2.45) is 5.14 Å². The van der Waals surface area contributed by atoms with Crippen LogP contribution in [0, 0.1) is 6.92 Å². The lowest BCUT2D eigenvalue weighted by Gasteiger charge is -2.09. The van der Waals surface area contributed by atoms with Crippen molar-refractivity contribution in [2.75, 3.05) is 0 Å². The van der Waals surface area contributed by atoms with E-state index in [1.807, 2.05) is 37.3 Å². The summed E-state index contributed by atoms with van der Waals surface area (Å²) in [7, 11) is -3.67. The number of nitrogens with two attached hydrogens (primary N) is 1. The molecule has 0 heterocycles. The Morgan fingerprint density at radius 3 is 2.11 bits per heavy atom. The van der Waals surface area contributed by atoms with Crippen LogP contribution in [0.2, 0.25) is 0 Å². The van der Waals surface area contributed by atoms with Gasteiger partial charge in [0, 0.05) is 0 Å². The zero-order valence-electron chi connectivity index (χ0n) is 10.1. The summed E-state index contributed by atoms with van der Waals surface area (Å²) in [5.41, 5.74) is 2.98. The van der Waals surface area contributed by atoms with E-state index in [2.05, 4.69) is 0 Å². The highest BCUT2D eigenvalue weighted by molar-refractivity contribution is 7.89. The largest absolute Gasteiger partial charge is 0.238 e. The number of primary sulfonamides is 1. The summed E-state index contributed by atoms with van der Waals surface area (Å²) in [6.07, 6.45) is 0.569. The molecule has 0 saturated carbocycles. The van der Waals surface area contributed by atoms with Crippen LogP contribution < -0.4 is 5.14 Å². The van der Waals surface area contributed by atoms with Crippen LogP contribution in [-0.2, 0) is 16.4 Å². The van der Waals surface area contributed by atoms with Crippen molar-refractivity contribution in [2.45, 2.75) is 18.2 Å². The Morgan fingerprint density at radius 2 is 1.50 bits per heavy atom. The topological polar surface area (TPSA) is 60.2 Å². The standard InChI is InChI=1S/C14H15NO2S/c1-11-6-2-3-7-12(11)10-13-8-4-5-9-14(13)18(15,16)17/h2-9H,10H2,1H3,(H2,15,16,17). The molecule has 0 unspecified atom stereocenters. The summed E-state index contributed by atoms with van der Waals surface area (Å²) >= 11 is 0. The molecule has 0 radical (unpaired) electrons. The van der Waals surface area contributed by atoms with E-state index in [0.29, 0.717) is 6.42 Å². The summed E-state index contributed by atoms with van der Waals surface area (Å²) in [4.78, 5) is 0.202. The van der Waals surface area contributed by atoms with Gasteiger partial charge in [0.25, 0.3) is 0 Å². The third kappa shape index (κ3) is 2.78. The molecule has 0 aliphatic carbocycles. The van der Waals surface area contributed by atoms with E-state index in [4.69, 9.17) is 5.14 Å². The molecular weight excluding hydrogens is 246 g/mol. The minimum Gasteiger partial charge on any atom is -0.225 e. The second-order valence-corrected chi connectivity index (χ2v) is 5.79. The molecule has 0 aromatic heterocycles. The van der Waals surface area contributed by atoms with Gasteiger partial charge in [0.2, 0.25) is 10.0 Å². The fourth-order valence-corrected chi connectivity index (χ4v) is 2.71. The van der Waals surface area contributed by atoms with E-state index in [1.165, 1.54) is 0 Å². The van der Waals surface area contributed by atoms with Crippen molar-refractivity contribution in [3.8, 4) is 0 Å². The third-order valence-electron chi connectivity index (χ3n) is 2.92. The molecule has 3 nitrogen and oxygen atoms in total. The molecule has 2 N–H and O–H groups in total. The van der Waals surface area contributed by atoms with Gasteiger partial charge < -0.3 is 0 Å². The number of benzene rings is 2. The predicted molar refractivity (Wildman–Crippen MR) is 71.8 cm³/mol. The SMILES string of the molecule is Cc1ccccc1Cc1ccccc1S(N)(=O)=O. The van der Waals surface area contributed by atoms with Gasteiger partial charge in [-0.2, -0.15) is 0 Å². The second kappa shape index (κ2) is 4.92. The van der Waals surface area contributed by atoms with Gasteiger partial charge in [0.1, 0.15) is 0 Å². The molecule has 4 heteroatoms. The summed E-state index contributed by atoms with van der Waals surface area (Å²) in [5.74, 6) is 0. The highest BCUT2D eigenvalue weighted by atomic mass is 32.2. The van der Waals surface area contributed by atoms with Crippen LogP contribution in [0.15, 0.2) is 53.4 Å². The highest BCUT2D eigenvalue weighted by Gasteiger charge is 2.13. The minimum atomic E-state index is -3.67. The maximum absolute atomic E-state index is 11.5. The van der Waals surface area contributed by atoms with Crippen LogP contribution in [0.3, 0.4) is 0 Å². The fourth-order valence-electron chi connectivity index (χ4n) is 1.94. The lowest BCUT2D eigenvalue weighted by molar-refractivity contribution is 0.597. The normalized spacial score (nSPS) is 11.4. The minimum absolute atomic E-state index is 0.202. The number of sulfonamides is 1. The number of hydrogen-bond acceptors (Lipinski definition) is 2. The monoisotopic (exact) mass is 261 g/mol. The van der Waals surface area contributed by atoms with Crippen molar-refractivity contribution in [1.82, 2.24) is 0 Å². The maximum Gasteiger partial charge on any atom is 0.238 e. The van der Waals surface area contributed by atoms with E-state index in [0.717, 1.165) is 16.7 Å². The van der Waals surface area contributed by atoms with E-state index >= 15 is 0 Å². The Hall–Kier alpha value is -1.65. The molecule has 0 saturated heterocycles. The van der Waals surface area contributed by atoms with E-state index in [1.54, 1.807) is 18.2 Å². The molecule has 18 heavy (non-hydrogen) atoms. The van der Waals surface area contributed by atoms with Crippen molar-refractivity contribution in [3.63, 3.8) is 0 Å². The van der Waals surface area contributed by atoms with Crippen LogP contribution in [0.25, 0.3) is 0 Å². The highest BCUT2D eigenvalue weighted by Crippen LogP contribution is 2.19. The average Bonchev–Trinajstić information content (AvgIpc) is 2.31. The summed E-state index contributed by atoms with van der Waals surface area (Å²) in [5, 5.41) is 5.22. The Bertz CT molecular complexity index is 663. The van der Waals surface area contributed by atoms with Gasteiger partial charge in [0.15, 0.2) is 0 Å². The van der Waals surface area contributed by atoms with Gasteiger partial charge in [-0.15, -0.1) is 0 Å². The molecule has 0 bridgehead atoms. The zero-order valence-corrected chi connectivity index (χ0v) is 10.9. The van der Waals surface area contributed by atoms with Crippen molar-refractivity contribution in [1.29, 1.82) is 0 Å². The zero-order chi connectivity index (χ0) is 13.2. The van der Waals surface area contributed by atoms with Crippen LogP contribution >= 0.6 is 0 Å². The van der Waals surface area contributed by atoms with Crippen molar-refractivity contribution in [3.05, 3.63) is 65.2 Å². The summed E-state index contributed by atoms with van der Waals surface area (Å²) < 4.78 is 23.0. The summed E-state index contributed by atoms with van der Waals surface area (Å²) in [6.45, 7) is 2.01. The Labute approximate surface area is 107 Å². The number of rotatable bonds is 3. The van der Waals surface area contributed by atoms with Crippen LogP contribution in [0.5, 0.6) is 0 Å². The molecule has 0 spiro atoms. The molecule has 0 aliphatic rings. The van der Waals surface area contributed by atoms with Gasteiger partial charge in [-0.3, -0.25) is 0 Å². The quantitative estimate of drug-likeness (QED) is 0.921. The molecule has 0 atom stereocenters. The first-order valence-corrected chi connectivity index (χ1v) is 7.18. The van der Waals surface area contributed by atoms with E-state index < -0.39 is 10.0 Å². The molecular formula is C14H15NO2S. The lowest BCUT2D eigenvalue weighted by Crippen LogP contribution is -2.14. The van der Waals surface area contributed by atoms with Gasteiger partial charge >= 0.3 is 0 Å². The fraction of sp³-hybridized carbons (Fsp3) is 0.143. The number of hydrogen-bond donors (Lipinski definition) is 1. The molecule has 0 aliphatic heterocycles. The van der Waals surface area contributed by atoms with Crippen LogP contribution in [-0.4, -0.2) is 8.42 Å². The van der Waals surface area contributed by atoms with Gasteiger partial charge in [0.05, 0.1) is 4.90 Å². The first-order chi connectivity index (χ1) is 8.48. The second-order valence-electron chi connectivity index (χ2n) is 4.26. The van der Waals surface area contributed by atoms with Crippen molar-refractivity contribution >= 4 is 10.0 Å². The Morgan fingerprint density at radius 1 is 0.944 bits per heavy atom. The maximum atomic E-state index is 11.5. The Balaban J connectivity index is 2.45. The van der Waals surface area contributed by atoms with Gasteiger partial charge in [-0.05, 0) is 36.1 Å². The van der Waals surface area contributed by atoms with Crippen LogP contribution in [0.4, 0.5) is 0 Å². The third-order valence-corrected chi connectivity index (χ3v) is 3.93. The molecule has 2 aromatic rings. The smallest absolute Gasteiger partial charge is 0.225 e. The Kier molecular flexibility index (Phi) is 3.50. The van der Waals surface area contributed by atoms with E-state index in [-0.39, 0.29) is 4.90 Å². The average molecular weight is 261 g/mol. The lowest BCUT2D eigenvalue weighted by atomic mass is 10.0. The van der Waals surface area contributed by atoms with Gasteiger partial charge in [-0.25, -0.2) is 13.6 Å². The molecule has 0 amide bonds. The molecule has 94 valence electrons. The molecule has 0 fully saturated rings. The van der Waals surface area contributed by atoms with E-state index in [9.17, 15) is 8.42 Å². The molecule has 2 aromatic carbocycles. The number of aryl methyl sites for hydroxylation is 1. The predicted octanol–water partition coefficient (Wildman–Crippen LogP) is 2.23. The van der Waals surface area contributed by atoms with Gasteiger partial charge in [-0.1, -0.05) is 42.5 Å². The van der Waals surface area contributed by atoms with Crippen molar-refractivity contribution < 1.29 is 8.42 Å². The first kappa shape index (κ1) is 12.8. The summed E-state index contributed by atoms with van der Waals surface area (Å²) in [6, 6.07) is 14.8.